The summed E-state index contributed by atoms with van der Waals surface area (Å²) in [5.41, 5.74) is 6.93. The van der Waals surface area contributed by atoms with Gasteiger partial charge < -0.3 is 104 Å². The Morgan fingerprint density at radius 1 is 0.504 bits per heavy atom. The van der Waals surface area contributed by atoms with Crippen LogP contribution in [0, 0.1) is 53.3 Å². The van der Waals surface area contributed by atoms with Gasteiger partial charge in [0.25, 0.3) is 0 Å². The lowest BCUT2D eigenvalue weighted by Crippen LogP contribution is -2.56. The molecule has 2 aromatic carbocycles. The van der Waals surface area contributed by atoms with Crippen molar-refractivity contribution in [2.45, 2.75) is 305 Å². The fourth-order valence-corrected chi connectivity index (χ4v) is 17.5. The summed E-state index contributed by atoms with van der Waals surface area (Å²) in [6.45, 7) is 42.0. The number of carboxylic acid groups (broad SMARTS) is 1. The number of nitrogens with two attached hydrogens (primary N) is 1. The first-order valence-electron chi connectivity index (χ1n) is 47.6. The van der Waals surface area contributed by atoms with E-state index in [4.69, 9.17) is 58.2 Å². The van der Waals surface area contributed by atoms with Crippen molar-refractivity contribution in [1.29, 1.82) is 0 Å². The van der Waals surface area contributed by atoms with Crippen molar-refractivity contribution in [2.24, 2.45) is 59.0 Å². The quantitative estimate of drug-likeness (QED) is 0.0140. The van der Waals surface area contributed by atoms with Crippen molar-refractivity contribution >= 4 is 65.4 Å². The topological polar surface area (TPSA) is 414 Å². The van der Waals surface area contributed by atoms with Gasteiger partial charge in [0.15, 0.2) is 12.1 Å². The molecule has 133 heavy (non-hydrogen) atoms. The van der Waals surface area contributed by atoms with E-state index in [9.17, 15) is 57.8 Å². The molecule has 2 aromatic rings. The zero-order valence-corrected chi connectivity index (χ0v) is 86.1. The van der Waals surface area contributed by atoms with E-state index in [1.807, 2.05) is 142 Å². The van der Waals surface area contributed by atoms with Crippen LogP contribution in [-0.4, -0.2) is 338 Å². The molecule has 8 N–H and O–H groups in total. The third-order valence-corrected chi connectivity index (χ3v) is 25.2. The van der Waals surface area contributed by atoms with Gasteiger partial charge in [-0.2, -0.15) is 0 Å². The van der Waals surface area contributed by atoms with Crippen molar-refractivity contribution in [3.05, 3.63) is 71.8 Å². The number of nitrogens with one attached hydrogen (secondary N) is 4. The number of likely N-dealkylation sites (tertiary alicyclic amines) is 2. The van der Waals surface area contributed by atoms with Gasteiger partial charge in [0.1, 0.15) is 23.3 Å². The van der Waals surface area contributed by atoms with Gasteiger partial charge in [0.2, 0.25) is 35.4 Å². The number of aliphatic hydroxyl groups is 1. The number of carbonyl (C=O) groups is 11. The molecule has 34 heteroatoms. The second-order valence-corrected chi connectivity index (χ2v) is 38.9. The molecule has 19 atom stereocenters. The summed E-state index contributed by atoms with van der Waals surface area (Å²) in [4.78, 5) is 155. The molecule has 0 bridgehead atoms. The summed E-state index contributed by atoms with van der Waals surface area (Å²) in [5, 5.41) is 30.8. The Bertz CT molecular complexity index is 3760. The summed E-state index contributed by atoms with van der Waals surface area (Å²) >= 11 is 0. The molecule has 0 radical (unpaired) electrons. The zero-order valence-electron chi connectivity index (χ0n) is 86.1. The number of rotatable bonds is 55. The Balaban J connectivity index is 0.000000765. The number of aliphatic carboxylic acids is 1. The van der Waals surface area contributed by atoms with Gasteiger partial charge >= 0.3 is 24.1 Å². The lowest BCUT2D eigenvalue weighted by molar-refractivity contribution is -0.150. The minimum absolute atomic E-state index is 0.0112. The van der Waals surface area contributed by atoms with E-state index in [1.165, 1.54) is 21.3 Å². The van der Waals surface area contributed by atoms with Gasteiger partial charge in [-0.05, 0) is 134 Å². The number of Topliss-reactive ketones (excluding diaryl/α,β-unsaturated/α-hetero) is 1. The minimum Gasteiger partial charge on any atom is -0.480 e. The van der Waals surface area contributed by atoms with E-state index >= 15 is 0 Å². The Labute approximate surface area is 795 Å². The fourth-order valence-electron chi connectivity index (χ4n) is 17.5. The molecule has 1 unspecified atom stereocenters. The number of hydrogen-bond donors (Lipinski definition) is 7. The summed E-state index contributed by atoms with van der Waals surface area (Å²) in [6, 6.07) is 14.2. The van der Waals surface area contributed by atoms with Crippen molar-refractivity contribution < 1.29 is 110 Å². The normalized spacial score (nSPS) is 18.0. The molecule has 4 rings (SSSR count). The average molecular weight is 1890 g/mol. The number of carboxylic acids is 1. The van der Waals surface area contributed by atoms with E-state index in [1.54, 1.807) is 122 Å². The van der Waals surface area contributed by atoms with E-state index in [-0.39, 0.29) is 128 Å². The molecule has 0 spiro atoms. The third kappa shape index (κ3) is 41.0. The number of alkyl carbamates (subject to hydrolysis) is 2. The van der Waals surface area contributed by atoms with Crippen molar-refractivity contribution in [1.82, 2.24) is 50.7 Å². The highest BCUT2D eigenvalue weighted by Crippen LogP contribution is 2.34. The van der Waals surface area contributed by atoms with Crippen LogP contribution in [0.1, 0.15) is 207 Å². The Kier molecular flexibility index (Phi) is 55.7. The van der Waals surface area contributed by atoms with Crippen LogP contribution in [0.4, 0.5) is 9.59 Å². The maximum atomic E-state index is 14.6. The molecule has 762 valence electrons. The number of benzene rings is 2. The SMILES string of the molecule is CC(C)[C@@H](C(=O)O)N(C)CCOCCNC(=O)OC(C)(C)C.CC[C@H](C)[C@@H]([C@@H](CC(=O)N1CCC[C@H]1[C@H](OC)[C@@H](C)C(=O)N[C@@H](Cc1ccccc1)C(=O)OC)OC)N(C)C(=O)[C@@H](CC(=O)[C@H](C(C)C)N(C)CCOCCNC(=O)OC(C)(C)C)C(C)C.CC[C@H](C)[C@@H]([C@@H](CC(=O)N1CCC[C@H]1[C@H](OC)[C@@H](C)C(=O)N[C@@H](Cc1ccccc1)C(O)OC)OC)N(C)C(=O)[C@@H](N)C(C)C. The van der Waals surface area contributed by atoms with Crippen LogP contribution in [0.25, 0.3) is 0 Å². The molecule has 0 aromatic heterocycles. The summed E-state index contributed by atoms with van der Waals surface area (Å²) in [6.07, 6.45) is 0.414. The van der Waals surface area contributed by atoms with Gasteiger partial charge in [-0.15, -0.1) is 0 Å². The van der Waals surface area contributed by atoms with Gasteiger partial charge in [0.05, 0.1) is 125 Å². The van der Waals surface area contributed by atoms with E-state index in [2.05, 4.69) is 35.1 Å². The molecule has 8 amide bonds. The Morgan fingerprint density at radius 2 is 0.902 bits per heavy atom. The average Bonchev–Trinajstić information content (AvgIpc) is 1.79. The maximum Gasteiger partial charge on any atom is 0.407 e. The van der Waals surface area contributed by atoms with Crippen LogP contribution in [0.2, 0.25) is 0 Å². The molecule has 34 nitrogen and oxygen atoms in total. The number of nitrogens with zero attached hydrogens (tertiary/aromatic N) is 6. The highest BCUT2D eigenvalue weighted by molar-refractivity contribution is 5.91. The monoisotopic (exact) mass is 1880 g/mol. The second-order valence-electron chi connectivity index (χ2n) is 38.9. The number of methoxy groups -OCH3 is 6. The van der Waals surface area contributed by atoms with Gasteiger partial charge in [-0.1, -0.05) is 170 Å². The molecule has 0 saturated carbocycles. The second kappa shape index (κ2) is 61.2. The third-order valence-electron chi connectivity index (χ3n) is 25.2. The van der Waals surface area contributed by atoms with Gasteiger partial charge in [-0.25, -0.2) is 14.4 Å². The largest absolute Gasteiger partial charge is 0.480 e. The van der Waals surface area contributed by atoms with E-state index in [0.717, 1.165) is 24.0 Å². The van der Waals surface area contributed by atoms with Crippen LogP contribution < -0.4 is 27.0 Å². The predicted molar refractivity (Wildman–Crippen MR) is 512 cm³/mol. The molecular weight excluding hydrogens is 1710 g/mol. The summed E-state index contributed by atoms with van der Waals surface area (Å²) in [5.74, 6) is -4.89. The smallest absolute Gasteiger partial charge is 0.407 e. The van der Waals surface area contributed by atoms with Crippen molar-refractivity contribution in [3.8, 4) is 0 Å². The highest BCUT2D eigenvalue weighted by atomic mass is 16.6. The van der Waals surface area contributed by atoms with Crippen LogP contribution in [-0.2, 0) is 103 Å². The molecule has 2 fully saturated rings. The number of ether oxygens (including phenoxy) is 10. The predicted octanol–water partition coefficient (Wildman–Crippen LogP) is 9.69. The molecule has 2 aliphatic heterocycles. The minimum atomic E-state index is -1.20. The Morgan fingerprint density at radius 3 is 1.26 bits per heavy atom. The summed E-state index contributed by atoms with van der Waals surface area (Å²) in [7, 11) is 16.0. The summed E-state index contributed by atoms with van der Waals surface area (Å²) < 4.78 is 55.5. The van der Waals surface area contributed by atoms with Crippen LogP contribution >= 0.6 is 0 Å². The fraction of sp³-hybridized carbons (Fsp3) is 0.768. The molecular formula is C99H173N11O23. The number of ketones is 1. The first-order chi connectivity index (χ1) is 62.4. The van der Waals surface area contributed by atoms with Crippen LogP contribution in [0.3, 0.4) is 0 Å². The van der Waals surface area contributed by atoms with Crippen molar-refractivity contribution in [2.75, 3.05) is 137 Å². The number of amides is 8. The van der Waals surface area contributed by atoms with E-state index < -0.39 is 126 Å². The lowest BCUT2D eigenvalue weighted by Gasteiger charge is -2.41. The molecule has 0 aliphatic carbocycles. The standard InChI is InChI=1S/C50H85N5O11.C34H58N4O7.C15H30N2O5/c1-16-34(6)44(54(12)47(59)37(32(2)3)30-40(56)43(33(4)5)53(11)26-28-65-27-24-51-49(61)66-50(8,9)10)41(62-13)31-42(57)55-25-20-23-39(55)45(63-14)35(7)46(58)52-38(48(60)64-15)29-36-21-18-17-19-22-36;1-10-22(4)30(37(6)33(41)29(35)21(2)3)27(43-7)20-28(39)38-18-14-17-26(38)31(44-8)23(5)32(40)36-25(34(42)45-9)19-24-15-12-11-13-16-24;1-11(2)12(13(18)19)17(6)8-10-21-9-7-16-14(20)22-15(3,4)5/h17-19,21-22,32-35,37-39,41,43-45H,16,20,23-31H2,1-15H3,(H,51,61)(H,52,58);11-13,15-16,21-23,25-27,29-31,34,42H,10,14,17-20,35H2,1-9H3,(H,36,40);11-12H,7-10H2,1-6H3,(H,16,20)(H,18,19)/t34-,35+,37-,38-,39-,41+,43-,44-,45+;22-,23+,25-,26-,27+,29-,30-,31+,34?;12-/m000/s1. The van der Waals surface area contributed by atoms with Gasteiger partial charge in [0, 0.05) is 108 Å². The molecule has 2 aliphatic rings. The first-order valence-corrected chi connectivity index (χ1v) is 47.6. The maximum absolute atomic E-state index is 14.6. The van der Waals surface area contributed by atoms with Crippen molar-refractivity contribution in [3.63, 3.8) is 0 Å². The van der Waals surface area contributed by atoms with E-state index in [0.29, 0.717) is 84.6 Å². The van der Waals surface area contributed by atoms with Crippen LogP contribution in [0.5, 0.6) is 0 Å². The first kappa shape index (κ1) is 121. The number of aliphatic hydroxyl groups excluding tert-OH is 1. The number of carbonyl (C=O) groups excluding carboxylic acids is 10. The highest BCUT2D eigenvalue weighted by Gasteiger charge is 2.47. The molecule has 2 saturated heterocycles. The zero-order chi connectivity index (χ0) is 101. The number of likely N-dealkylation sites (N-methyl/N-ethyl adjacent to an activating group) is 4. The number of esters is 1. The molecule has 2 heterocycles. The Hall–Kier alpha value is -8.03. The lowest BCUT2D eigenvalue weighted by atomic mass is 9.83. The van der Waals surface area contributed by atoms with Crippen LogP contribution in [0.15, 0.2) is 60.7 Å². The number of hydrogen-bond acceptors (Lipinski definition) is 25. The van der Waals surface area contributed by atoms with Gasteiger partial charge in [-0.3, -0.25) is 48.2 Å².